The van der Waals surface area contributed by atoms with Gasteiger partial charge in [-0.3, -0.25) is 0 Å². The molecule has 0 amide bonds. The zero-order valence-electron chi connectivity index (χ0n) is 10.9. The molecule has 1 saturated carbocycles. The fourth-order valence-electron chi connectivity index (χ4n) is 2.23. The van der Waals surface area contributed by atoms with Gasteiger partial charge in [-0.1, -0.05) is 6.07 Å². The number of hydrogen-bond acceptors (Lipinski definition) is 4. The van der Waals surface area contributed by atoms with Crippen molar-refractivity contribution in [1.29, 1.82) is 0 Å². The Balaban J connectivity index is 1.84. The summed E-state index contributed by atoms with van der Waals surface area (Å²) >= 11 is 0. The van der Waals surface area contributed by atoms with Gasteiger partial charge in [0, 0.05) is 6.54 Å². The summed E-state index contributed by atoms with van der Waals surface area (Å²) < 4.78 is 18.1. The number of halogens is 1. The topological polar surface area (TPSA) is 58.6 Å². The molecule has 5 heteroatoms. The summed E-state index contributed by atoms with van der Waals surface area (Å²) in [5, 5.41) is 12.4. The molecule has 104 valence electrons. The fraction of sp³-hybridized carbons (Fsp3) is 0.500. The molecule has 0 unspecified atom stereocenters. The highest BCUT2D eigenvalue weighted by atomic mass is 19.1. The number of ether oxygens (including phenoxy) is 1. The molecule has 0 saturated heterocycles. The Bertz CT molecular complexity index is 458. The highest BCUT2D eigenvalue weighted by Crippen LogP contribution is 2.26. The van der Waals surface area contributed by atoms with Crippen LogP contribution >= 0.6 is 0 Å². The van der Waals surface area contributed by atoms with Crippen LogP contribution in [-0.2, 0) is 11.3 Å². The van der Waals surface area contributed by atoms with E-state index in [-0.39, 0.29) is 11.7 Å². The summed E-state index contributed by atoms with van der Waals surface area (Å²) in [6.45, 7) is 1.36. The van der Waals surface area contributed by atoms with Crippen LogP contribution in [0.2, 0.25) is 0 Å². The Hall–Kier alpha value is -1.46. The van der Waals surface area contributed by atoms with Crippen molar-refractivity contribution < 1.29 is 19.0 Å². The first-order chi connectivity index (χ1) is 9.10. The van der Waals surface area contributed by atoms with Gasteiger partial charge < -0.3 is 15.2 Å². The molecule has 19 heavy (non-hydrogen) atoms. The first-order valence-electron chi connectivity index (χ1n) is 6.35. The van der Waals surface area contributed by atoms with Crippen molar-refractivity contribution in [2.24, 2.45) is 5.92 Å². The van der Waals surface area contributed by atoms with E-state index in [4.69, 9.17) is 5.11 Å². The molecule has 0 spiro atoms. The lowest BCUT2D eigenvalue weighted by atomic mass is 9.82. The fourth-order valence-corrected chi connectivity index (χ4v) is 2.23. The summed E-state index contributed by atoms with van der Waals surface area (Å²) in [6.07, 6.45) is 1.52. The van der Waals surface area contributed by atoms with E-state index in [9.17, 15) is 9.18 Å². The van der Waals surface area contributed by atoms with Gasteiger partial charge in [-0.05, 0) is 43.0 Å². The van der Waals surface area contributed by atoms with Gasteiger partial charge in [0.25, 0.3) is 0 Å². The SMILES string of the molecule is COC(=O)c1ccc(CNCC2CC(O)C2)cc1F. The van der Waals surface area contributed by atoms with Gasteiger partial charge in [0.1, 0.15) is 5.82 Å². The maximum Gasteiger partial charge on any atom is 0.340 e. The molecule has 0 atom stereocenters. The zero-order chi connectivity index (χ0) is 13.8. The summed E-state index contributed by atoms with van der Waals surface area (Å²) in [7, 11) is 1.23. The number of esters is 1. The molecule has 1 aliphatic carbocycles. The standard InChI is InChI=1S/C14H18FNO3/c1-19-14(18)12-3-2-9(6-13(12)15)7-16-8-10-4-11(17)5-10/h2-3,6,10-11,16-17H,4-5,7-8H2,1H3. The highest BCUT2D eigenvalue weighted by Gasteiger charge is 2.26. The lowest BCUT2D eigenvalue weighted by Gasteiger charge is -2.31. The van der Waals surface area contributed by atoms with E-state index in [0.717, 1.165) is 24.9 Å². The van der Waals surface area contributed by atoms with Crippen molar-refractivity contribution >= 4 is 5.97 Å². The number of rotatable bonds is 5. The average Bonchev–Trinajstić information content (AvgIpc) is 2.36. The van der Waals surface area contributed by atoms with Gasteiger partial charge in [0.2, 0.25) is 0 Å². The monoisotopic (exact) mass is 267 g/mol. The number of carbonyl (C=O) groups is 1. The summed E-state index contributed by atoms with van der Waals surface area (Å²) in [5.74, 6) is -0.722. The van der Waals surface area contributed by atoms with Crippen molar-refractivity contribution in [1.82, 2.24) is 5.32 Å². The number of benzene rings is 1. The number of aliphatic hydroxyl groups excluding tert-OH is 1. The number of hydrogen-bond donors (Lipinski definition) is 2. The summed E-state index contributed by atoms with van der Waals surface area (Å²) in [4.78, 5) is 11.2. The third kappa shape index (κ3) is 3.52. The molecule has 1 fully saturated rings. The Morgan fingerprint density at radius 2 is 2.26 bits per heavy atom. The second kappa shape index (κ2) is 6.12. The van der Waals surface area contributed by atoms with E-state index in [2.05, 4.69) is 10.1 Å². The second-order valence-corrected chi connectivity index (χ2v) is 4.93. The highest BCUT2D eigenvalue weighted by molar-refractivity contribution is 5.89. The van der Waals surface area contributed by atoms with Crippen LogP contribution in [0.4, 0.5) is 4.39 Å². The minimum Gasteiger partial charge on any atom is -0.465 e. The van der Waals surface area contributed by atoms with Gasteiger partial charge in [-0.25, -0.2) is 9.18 Å². The molecule has 0 aromatic heterocycles. The molecule has 2 rings (SSSR count). The number of aliphatic hydroxyl groups is 1. The van der Waals surface area contributed by atoms with Crippen LogP contribution in [0.1, 0.15) is 28.8 Å². The maximum absolute atomic E-state index is 13.6. The number of nitrogens with one attached hydrogen (secondary N) is 1. The molecular weight excluding hydrogens is 249 g/mol. The number of methoxy groups -OCH3 is 1. The van der Waals surface area contributed by atoms with Gasteiger partial charge in [-0.2, -0.15) is 0 Å². The predicted molar refractivity (Wildman–Crippen MR) is 68.2 cm³/mol. The lowest BCUT2D eigenvalue weighted by Crippen LogP contribution is -2.35. The molecule has 0 aliphatic heterocycles. The Labute approximate surface area is 111 Å². The first kappa shape index (κ1) is 14.0. The van der Waals surface area contributed by atoms with Gasteiger partial charge in [0.15, 0.2) is 0 Å². The van der Waals surface area contributed by atoms with Crippen molar-refractivity contribution in [3.05, 3.63) is 35.1 Å². The Morgan fingerprint density at radius 1 is 1.53 bits per heavy atom. The number of carbonyl (C=O) groups excluding carboxylic acids is 1. The van der Waals surface area contributed by atoms with E-state index >= 15 is 0 Å². The molecule has 2 N–H and O–H groups in total. The third-order valence-electron chi connectivity index (χ3n) is 3.41. The zero-order valence-corrected chi connectivity index (χ0v) is 10.9. The molecule has 4 nitrogen and oxygen atoms in total. The lowest BCUT2D eigenvalue weighted by molar-refractivity contribution is 0.0429. The van der Waals surface area contributed by atoms with E-state index in [1.807, 2.05) is 0 Å². The molecule has 1 aliphatic rings. The van der Waals surface area contributed by atoms with Crippen LogP contribution in [0.25, 0.3) is 0 Å². The molecule has 1 aromatic rings. The van der Waals surface area contributed by atoms with Gasteiger partial charge >= 0.3 is 5.97 Å². The Morgan fingerprint density at radius 3 is 2.84 bits per heavy atom. The van der Waals surface area contributed by atoms with E-state index in [0.29, 0.717) is 12.5 Å². The van der Waals surface area contributed by atoms with Gasteiger partial charge in [0.05, 0.1) is 18.8 Å². The van der Waals surface area contributed by atoms with Gasteiger partial charge in [-0.15, -0.1) is 0 Å². The van der Waals surface area contributed by atoms with E-state index < -0.39 is 11.8 Å². The Kier molecular flexibility index (Phi) is 4.50. The second-order valence-electron chi connectivity index (χ2n) is 4.93. The minimum atomic E-state index is -0.666. The van der Waals surface area contributed by atoms with Crippen molar-refractivity contribution in [2.75, 3.05) is 13.7 Å². The van der Waals surface area contributed by atoms with Crippen LogP contribution in [0.3, 0.4) is 0 Å². The van der Waals surface area contributed by atoms with Crippen molar-refractivity contribution in [3.8, 4) is 0 Å². The van der Waals surface area contributed by atoms with Crippen LogP contribution in [0, 0.1) is 11.7 Å². The minimum absolute atomic E-state index is 0.0478. The molecule has 1 aromatic carbocycles. The molecule has 0 heterocycles. The summed E-state index contributed by atoms with van der Waals surface area (Å²) in [5.41, 5.74) is 0.735. The largest absolute Gasteiger partial charge is 0.465 e. The summed E-state index contributed by atoms with van der Waals surface area (Å²) in [6, 6.07) is 4.48. The molecule has 0 radical (unpaired) electrons. The predicted octanol–water partition coefficient (Wildman–Crippen LogP) is 1.47. The normalized spacial score (nSPS) is 21.8. The van der Waals surface area contributed by atoms with E-state index in [1.54, 1.807) is 6.07 Å². The first-order valence-corrected chi connectivity index (χ1v) is 6.35. The van der Waals surface area contributed by atoms with Crippen LogP contribution in [0.15, 0.2) is 18.2 Å². The quantitative estimate of drug-likeness (QED) is 0.793. The van der Waals surface area contributed by atoms with Crippen LogP contribution < -0.4 is 5.32 Å². The van der Waals surface area contributed by atoms with E-state index in [1.165, 1.54) is 19.2 Å². The maximum atomic E-state index is 13.6. The molecule has 0 bridgehead atoms. The van der Waals surface area contributed by atoms with Crippen molar-refractivity contribution in [2.45, 2.75) is 25.5 Å². The van der Waals surface area contributed by atoms with Crippen LogP contribution in [-0.4, -0.2) is 30.8 Å². The third-order valence-corrected chi connectivity index (χ3v) is 3.41. The smallest absolute Gasteiger partial charge is 0.340 e. The van der Waals surface area contributed by atoms with Crippen molar-refractivity contribution in [3.63, 3.8) is 0 Å². The molecular formula is C14H18FNO3. The van der Waals surface area contributed by atoms with Crippen LogP contribution in [0.5, 0.6) is 0 Å². The average molecular weight is 267 g/mol.